The van der Waals surface area contributed by atoms with E-state index in [1.54, 1.807) is 22.7 Å². The quantitative estimate of drug-likeness (QED) is 0.367. The van der Waals surface area contributed by atoms with Gasteiger partial charge in [-0.2, -0.15) is 0 Å². The molecule has 4 aromatic rings. The van der Waals surface area contributed by atoms with Crippen molar-refractivity contribution in [2.24, 2.45) is 0 Å². The topological polar surface area (TPSA) is 9.23 Å². The smallest absolute Gasteiger partial charge is 0.127 e. The first-order valence-corrected chi connectivity index (χ1v) is 10.0. The molecule has 0 amide bonds. The van der Waals surface area contributed by atoms with Crippen LogP contribution in [0.4, 0.5) is 0 Å². The van der Waals surface area contributed by atoms with Crippen LogP contribution in [0.15, 0.2) is 83.6 Å². The Morgan fingerprint density at radius 3 is 1.36 bits per heavy atom. The largest absolute Gasteiger partial charge is 0.457 e. The molecule has 25 heavy (non-hydrogen) atoms. The Labute approximate surface area is 156 Å². The van der Waals surface area contributed by atoms with E-state index in [4.69, 9.17) is 4.74 Å². The molecule has 0 unspecified atom stereocenters. The first kappa shape index (κ1) is 16.1. The highest BCUT2D eigenvalue weighted by molar-refractivity contribution is 7.10. The van der Waals surface area contributed by atoms with Gasteiger partial charge in [-0.3, -0.25) is 0 Å². The summed E-state index contributed by atoms with van der Waals surface area (Å²) in [6.07, 6.45) is 1.96. The van der Waals surface area contributed by atoms with Crippen LogP contribution in [0, 0.1) is 0 Å². The minimum absolute atomic E-state index is 0.876. The summed E-state index contributed by atoms with van der Waals surface area (Å²) in [5.74, 6) is 1.75. The number of hydrogen-bond acceptors (Lipinski definition) is 3. The molecule has 1 nitrogen and oxygen atoms in total. The zero-order valence-corrected chi connectivity index (χ0v) is 15.4. The number of thiophene rings is 2. The number of rotatable bonds is 6. The summed E-state index contributed by atoms with van der Waals surface area (Å²) in [5.41, 5.74) is 2.61. The first-order valence-electron chi connectivity index (χ1n) is 8.26. The van der Waals surface area contributed by atoms with Gasteiger partial charge in [0.2, 0.25) is 0 Å². The molecule has 124 valence electrons. The van der Waals surface area contributed by atoms with E-state index in [0.717, 1.165) is 24.3 Å². The molecule has 0 radical (unpaired) electrons. The highest BCUT2D eigenvalue weighted by atomic mass is 32.1. The normalized spacial score (nSPS) is 10.7. The van der Waals surface area contributed by atoms with Gasteiger partial charge in [0.05, 0.1) is 0 Å². The van der Waals surface area contributed by atoms with E-state index in [-0.39, 0.29) is 0 Å². The highest BCUT2D eigenvalue weighted by Crippen LogP contribution is 2.24. The van der Waals surface area contributed by atoms with Crippen molar-refractivity contribution in [3.8, 4) is 11.5 Å². The van der Waals surface area contributed by atoms with Crippen molar-refractivity contribution in [2.45, 2.75) is 12.8 Å². The lowest BCUT2D eigenvalue weighted by atomic mass is 10.1. The van der Waals surface area contributed by atoms with E-state index in [0.29, 0.717) is 0 Å². The van der Waals surface area contributed by atoms with Gasteiger partial charge in [0.25, 0.3) is 0 Å². The fourth-order valence-corrected chi connectivity index (χ4v) is 4.19. The average Bonchev–Trinajstić information content (AvgIpc) is 3.33. The molecule has 2 aromatic carbocycles. The van der Waals surface area contributed by atoms with Crippen molar-refractivity contribution in [3.05, 3.63) is 104 Å². The lowest BCUT2D eigenvalue weighted by Gasteiger charge is -2.08. The molecule has 0 aliphatic carbocycles. The zero-order valence-electron chi connectivity index (χ0n) is 13.7. The molecule has 0 spiro atoms. The van der Waals surface area contributed by atoms with Gasteiger partial charge in [-0.05, 0) is 58.3 Å². The molecule has 0 N–H and O–H groups in total. The average molecular weight is 363 g/mol. The van der Waals surface area contributed by atoms with Gasteiger partial charge in [-0.25, -0.2) is 0 Å². The second-order valence-corrected chi connectivity index (χ2v) is 7.97. The van der Waals surface area contributed by atoms with E-state index in [9.17, 15) is 0 Å². The Kier molecular flexibility index (Phi) is 4.96. The summed E-state index contributed by atoms with van der Waals surface area (Å²) in [6, 6.07) is 25.3. The number of ether oxygens (including phenoxy) is 1. The molecule has 0 aliphatic rings. The second kappa shape index (κ2) is 7.68. The van der Waals surface area contributed by atoms with Crippen LogP contribution in [-0.4, -0.2) is 0 Å². The van der Waals surface area contributed by atoms with E-state index < -0.39 is 0 Å². The molecule has 0 saturated carbocycles. The summed E-state index contributed by atoms with van der Waals surface area (Å²) in [6.45, 7) is 0. The van der Waals surface area contributed by atoms with Crippen LogP contribution in [0.3, 0.4) is 0 Å². The molecule has 0 aliphatic heterocycles. The van der Waals surface area contributed by atoms with Crippen molar-refractivity contribution >= 4 is 22.7 Å². The third kappa shape index (κ3) is 4.38. The Morgan fingerprint density at radius 2 is 1.00 bits per heavy atom. The first-order chi connectivity index (χ1) is 12.3. The lowest BCUT2D eigenvalue weighted by molar-refractivity contribution is 0.482. The zero-order chi connectivity index (χ0) is 16.9. The fraction of sp³-hybridized carbons (Fsp3) is 0.0909. The van der Waals surface area contributed by atoms with Crippen LogP contribution >= 0.6 is 22.7 Å². The van der Waals surface area contributed by atoms with Gasteiger partial charge in [0.1, 0.15) is 11.5 Å². The van der Waals surface area contributed by atoms with Crippen molar-refractivity contribution in [1.82, 2.24) is 0 Å². The maximum absolute atomic E-state index is 5.96. The van der Waals surface area contributed by atoms with Crippen LogP contribution in [0.2, 0.25) is 0 Å². The molecule has 4 rings (SSSR count). The van der Waals surface area contributed by atoms with Crippen molar-refractivity contribution < 1.29 is 4.74 Å². The van der Waals surface area contributed by atoms with E-state index in [1.165, 1.54) is 20.9 Å². The Morgan fingerprint density at radius 1 is 0.560 bits per heavy atom. The van der Waals surface area contributed by atoms with Crippen molar-refractivity contribution in [1.29, 1.82) is 0 Å². The Bertz CT molecular complexity index is 812. The molecular formula is C22H18OS2. The van der Waals surface area contributed by atoms with Crippen LogP contribution < -0.4 is 4.74 Å². The number of benzene rings is 2. The molecule has 0 bridgehead atoms. The molecule has 0 saturated heterocycles. The lowest BCUT2D eigenvalue weighted by Crippen LogP contribution is -1.88. The molecule has 2 heterocycles. The van der Waals surface area contributed by atoms with Crippen molar-refractivity contribution in [2.75, 3.05) is 0 Å². The van der Waals surface area contributed by atoms with Crippen LogP contribution in [0.1, 0.15) is 20.9 Å². The van der Waals surface area contributed by atoms with Crippen LogP contribution in [-0.2, 0) is 12.8 Å². The predicted octanol–water partition coefficient (Wildman–Crippen LogP) is 6.78. The Hall–Kier alpha value is -2.36. The van der Waals surface area contributed by atoms with Crippen LogP contribution in [0.25, 0.3) is 0 Å². The second-order valence-electron chi connectivity index (χ2n) is 5.90. The molecule has 3 heteroatoms. The van der Waals surface area contributed by atoms with E-state index in [2.05, 4.69) is 59.3 Å². The molecule has 0 fully saturated rings. The maximum Gasteiger partial charge on any atom is 0.127 e. The van der Waals surface area contributed by atoms with E-state index in [1.807, 2.05) is 24.3 Å². The minimum atomic E-state index is 0.876. The standard InChI is InChI=1S/C22H18OS2/c1-3-21(24-13-1)15-17-5-9-19(10-6-17)23-20-11-7-18(8-12-20)16-22-4-2-14-25-22/h1-14H,15-16H2. The summed E-state index contributed by atoms with van der Waals surface area (Å²) in [7, 11) is 0. The van der Waals surface area contributed by atoms with Gasteiger partial charge in [-0.15, -0.1) is 22.7 Å². The Balaban J connectivity index is 1.38. The molecular weight excluding hydrogens is 344 g/mol. The maximum atomic E-state index is 5.96. The van der Waals surface area contributed by atoms with Gasteiger partial charge in [-0.1, -0.05) is 36.4 Å². The van der Waals surface area contributed by atoms with Crippen molar-refractivity contribution in [3.63, 3.8) is 0 Å². The summed E-state index contributed by atoms with van der Waals surface area (Å²) in [4.78, 5) is 2.77. The summed E-state index contributed by atoms with van der Waals surface area (Å²) < 4.78 is 5.96. The van der Waals surface area contributed by atoms with Gasteiger partial charge < -0.3 is 4.74 Å². The highest BCUT2D eigenvalue weighted by Gasteiger charge is 2.02. The summed E-state index contributed by atoms with van der Waals surface area (Å²) in [5, 5.41) is 4.24. The van der Waals surface area contributed by atoms with Gasteiger partial charge in [0.15, 0.2) is 0 Å². The summed E-state index contributed by atoms with van der Waals surface area (Å²) >= 11 is 3.59. The van der Waals surface area contributed by atoms with Crippen LogP contribution in [0.5, 0.6) is 11.5 Å². The third-order valence-electron chi connectivity index (χ3n) is 4.00. The molecule has 2 aromatic heterocycles. The predicted molar refractivity (Wildman–Crippen MR) is 107 cm³/mol. The SMILES string of the molecule is c1csc(Cc2ccc(Oc3ccc(Cc4cccs4)cc3)cc2)c1. The minimum Gasteiger partial charge on any atom is -0.457 e. The molecule has 0 atom stereocenters. The van der Waals surface area contributed by atoms with E-state index >= 15 is 0 Å². The monoisotopic (exact) mass is 362 g/mol. The number of hydrogen-bond donors (Lipinski definition) is 0. The van der Waals surface area contributed by atoms with Gasteiger partial charge >= 0.3 is 0 Å². The third-order valence-corrected chi connectivity index (χ3v) is 5.75. The fourth-order valence-electron chi connectivity index (χ4n) is 2.72. The van der Waals surface area contributed by atoms with Gasteiger partial charge in [0, 0.05) is 22.6 Å².